The highest BCUT2D eigenvalue weighted by Gasteiger charge is 2.39. The van der Waals surface area contributed by atoms with Crippen LogP contribution in [0.15, 0.2) is 47.7 Å². The monoisotopic (exact) mass is 532 g/mol. The van der Waals surface area contributed by atoms with E-state index in [1.54, 1.807) is 20.8 Å². The molecule has 3 heterocycles. The van der Waals surface area contributed by atoms with Gasteiger partial charge >= 0.3 is 6.09 Å². The number of pyridine rings is 1. The van der Waals surface area contributed by atoms with E-state index in [0.717, 1.165) is 29.1 Å². The summed E-state index contributed by atoms with van der Waals surface area (Å²) in [5, 5.41) is 4.98. The van der Waals surface area contributed by atoms with Crippen LogP contribution in [0.2, 0.25) is 0 Å². The van der Waals surface area contributed by atoms with E-state index in [-0.39, 0.29) is 35.1 Å². The van der Waals surface area contributed by atoms with Gasteiger partial charge in [-0.1, -0.05) is 0 Å². The lowest BCUT2D eigenvalue weighted by molar-refractivity contribution is 0.0562. The third kappa shape index (κ3) is 5.66. The number of alkyl carbamates (subject to hydrolysis) is 1. The number of benzene rings is 1. The standard InChI is InChI=1S/C25H24F4N6O3/c1-24(2,3)38-23(37)33-20-21-31-11-18(19(28)29)35(21)12-25(4,34-20)15-9-14(6-7-16(15)27)32-22(36)17-8-5-13(26)10-30-17/h5-11,19H,12H2,1-4H3,(H,32,36)(H,33,34,37). The first-order chi connectivity index (χ1) is 17.8. The first kappa shape index (κ1) is 26.8. The Morgan fingerprint density at radius 3 is 2.45 bits per heavy atom. The maximum atomic E-state index is 15.2. The van der Waals surface area contributed by atoms with Gasteiger partial charge in [0.15, 0.2) is 11.7 Å². The number of carbonyl (C=O) groups is 2. The number of hydrogen-bond donors (Lipinski definition) is 2. The van der Waals surface area contributed by atoms with Crippen LogP contribution in [0, 0.1) is 11.6 Å². The van der Waals surface area contributed by atoms with Gasteiger partial charge in [-0.25, -0.2) is 32.3 Å². The van der Waals surface area contributed by atoms with E-state index in [9.17, 15) is 22.8 Å². The minimum absolute atomic E-state index is 0.0455. The summed E-state index contributed by atoms with van der Waals surface area (Å²) in [5.41, 5.74) is -2.79. The van der Waals surface area contributed by atoms with Gasteiger partial charge in [0.1, 0.15) is 34.2 Å². The Balaban J connectivity index is 1.72. The van der Waals surface area contributed by atoms with Gasteiger partial charge in [-0.3, -0.25) is 15.1 Å². The lowest BCUT2D eigenvalue weighted by Gasteiger charge is -2.33. The SMILES string of the molecule is CC(C)(C)OC(=O)NC1=NC(C)(c2cc(NC(=O)c3ccc(F)cn3)ccc2F)Cn2c(C(F)F)cnc21. The number of carbonyl (C=O) groups excluding carboxylic acids is 2. The number of rotatable bonds is 4. The third-order valence-electron chi connectivity index (χ3n) is 5.53. The van der Waals surface area contributed by atoms with Gasteiger partial charge < -0.3 is 14.6 Å². The number of aromatic nitrogens is 3. The maximum Gasteiger partial charge on any atom is 0.413 e. The summed E-state index contributed by atoms with van der Waals surface area (Å²) in [6.07, 6.45) is -1.96. The molecule has 2 amide bonds. The summed E-state index contributed by atoms with van der Waals surface area (Å²) < 4.78 is 62.2. The molecule has 0 radical (unpaired) electrons. The fourth-order valence-corrected chi connectivity index (χ4v) is 3.91. The second-order valence-corrected chi connectivity index (χ2v) is 9.77. The summed E-state index contributed by atoms with van der Waals surface area (Å²) in [6, 6.07) is 5.93. The summed E-state index contributed by atoms with van der Waals surface area (Å²) in [7, 11) is 0. The molecule has 2 aromatic heterocycles. The average Bonchev–Trinajstić information content (AvgIpc) is 3.23. The molecule has 4 rings (SSSR count). The van der Waals surface area contributed by atoms with E-state index in [1.807, 2.05) is 0 Å². The van der Waals surface area contributed by atoms with Crippen LogP contribution in [0.25, 0.3) is 0 Å². The fraction of sp³-hybridized carbons (Fsp3) is 0.320. The molecule has 0 fully saturated rings. The minimum atomic E-state index is -2.90. The molecule has 200 valence electrons. The number of imidazole rings is 1. The van der Waals surface area contributed by atoms with Crippen molar-refractivity contribution in [3.05, 3.63) is 77.1 Å². The molecule has 13 heteroatoms. The number of amidine groups is 1. The van der Waals surface area contributed by atoms with Crippen LogP contribution in [0.5, 0.6) is 0 Å². The largest absolute Gasteiger partial charge is 0.444 e. The number of aliphatic imine (C=N–C) groups is 1. The molecule has 0 aliphatic carbocycles. The van der Waals surface area contributed by atoms with Crippen molar-refractivity contribution in [1.29, 1.82) is 0 Å². The Hall–Kier alpha value is -4.29. The molecule has 1 unspecified atom stereocenters. The molecule has 0 bridgehead atoms. The van der Waals surface area contributed by atoms with Gasteiger partial charge in [-0.15, -0.1) is 0 Å². The Kier molecular flexibility index (Phi) is 6.96. The van der Waals surface area contributed by atoms with Crippen molar-refractivity contribution in [1.82, 2.24) is 19.9 Å². The molecule has 0 saturated heterocycles. The zero-order chi connectivity index (χ0) is 27.8. The predicted molar refractivity (Wildman–Crippen MR) is 129 cm³/mol. The molecule has 9 nitrogen and oxygen atoms in total. The number of alkyl halides is 2. The number of ether oxygens (including phenoxy) is 1. The molecular weight excluding hydrogens is 508 g/mol. The Morgan fingerprint density at radius 2 is 1.82 bits per heavy atom. The molecule has 2 N–H and O–H groups in total. The van der Waals surface area contributed by atoms with Crippen LogP contribution >= 0.6 is 0 Å². The van der Waals surface area contributed by atoms with Crippen LogP contribution in [0.3, 0.4) is 0 Å². The molecule has 1 atom stereocenters. The van der Waals surface area contributed by atoms with Crippen molar-refractivity contribution >= 4 is 23.5 Å². The Bertz CT molecular complexity index is 1420. The number of anilines is 1. The van der Waals surface area contributed by atoms with Crippen LogP contribution in [-0.2, 0) is 16.8 Å². The van der Waals surface area contributed by atoms with E-state index in [4.69, 9.17) is 4.74 Å². The lowest BCUT2D eigenvalue weighted by Crippen LogP contribution is -2.44. The molecule has 38 heavy (non-hydrogen) atoms. The molecule has 1 aromatic carbocycles. The normalized spacial score (nSPS) is 17.0. The molecule has 1 aliphatic heterocycles. The molecule has 3 aromatic rings. The number of fused-ring (bicyclic) bond motifs is 1. The van der Waals surface area contributed by atoms with Gasteiger partial charge in [0.25, 0.3) is 12.3 Å². The van der Waals surface area contributed by atoms with Crippen LogP contribution < -0.4 is 10.6 Å². The Labute approximate surface area is 215 Å². The highest BCUT2D eigenvalue weighted by Crippen LogP contribution is 2.37. The molecular formula is C25H24F4N6O3. The Morgan fingerprint density at radius 1 is 1.08 bits per heavy atom. The summed E-state index contributed by atoms with van der Waals surface area (Å²) in [6.45, 7) is 6.19. The van der Waals surface area contributed by atoms with Crippen LogP contribution in [0.4, 0.5) is 28.0 Å². The van der Waals surface area contributed by atoms with E-state index < -0.39 is 46.9 Å². The highest BCUT2D eigenvalue weighted by atomic mass is 19.3. The average molecular weight is 532 g/mol. The zero-order valence-electron chi connectivity index (χ0n) is 20.9. The second kappa shape index (κ2) is 9.88. The number of halogens is 4. The summed E-state index contributed by atoms with van der Waals surface area (Å²) in [4.78, 5) is 37.2. The van der Waals surface area contributed by atoms with Crippen molar-refractivity contribution < 1.29 is 31.9 Å². The van der Waals surface area contributed by atoms with Gasteiger partial charge in [0.2, 0.25) is 0 Å². The quantitative estimate of drug-likeness (QED) is 0.462. The van der Waals surface area contributed by atoms with Crippen molar-refractivity contribution in [3.8, 4) is 0 Å². The van der Waals surface area contributed by atoms with Crippen molar-refractivity contribution in [3.63, 3.8) is 0 Å². The molecule has 0 spiro atoms. The third-order valence-corrected chi connectivity index (χ3v) is 5.53. The summed E-state index contributed by atoms with van der Waals surface area (Å²) >= 11 is 0. The molecule has 0 saturated carbocycles. The van der Waals surface area contributed by atoms with Crippen molar-refractivity contribution in [2.75, 3.05) is 5.32 Å². The minimum Gasteiger partial charge on any atom is -0.444 e. The first-order valence-corrected chi connectivity index (χ1v) is 11.4. The highest BCUT2D eigenvalue weighted by molar-refractivity contribution is 6.05. The first-order valence-electron chi connectivity index (χ1n) is 11.4. The molecule has 1 aliphatic rings. The zero-order valence-corrected chi connectivity index (χ0v) is 20.9. The maximum absolute atomic E-state index is 15.2. The van der Waals surface area contributed by atoms with Gasteiger partial charge in [-0.2, -0.15) is 0 Å². The van der Waals surface area contributed by atoms with Gasteiger partial charge in [-0.05, 0) is 58.0 Å². The topological polar surface area (TPSA) is 110 Å². The van der Waals surface area contributed by atoms with E-state index in [1.165, 1.54) is 25.1 Å². The van der Waals surface area contributed by atoms with Crippen LogP contribution in [0.1, 0.15) is 61.7 Å². The number of amides is 2. The van der Waals surface area contributed by atoms with Gasteiger partial charge in [0, 0.05) is 11.3 Å². The predicted octanol–water partition coefficient (Wildman–Crippen LogP) is 4.95. The number of hydrogen-bond acceptors (Lipinski definition) is 6. The van der Waals surface area contributed by atoms with Crippen molar-refractivity contribution in [2.45, 2.75) is 51.8 Å². The van der Waals surface area contributed by atoms with E-state index >= 15 is 4.39 Å². The van der Waals surface area contributed by atoms with Gasteiger partial charge in [0.05, 0.1) is 18.9 Å². The van der Waals surface area contributed by atoms with E-state index in [2.05, 4.69) is 25.6 Å². The fourth-order valence-electron chi connectivity index (χ4n) is 3.91. The van der Waals surface area contributed by atoms with Crippen LogP contribution in [-0.4, -0.2) is 38.0 Å². The second-order valence-electron chi connectivity index (χ2n) is 9.77. The smallest absolute Gasteiger partial charge is 0.413 e. The number of nitrogens with one attached hydrogen (secondary N) is 2. The van der Waals surface area contributed by atoms with Crippen molar-refractivity contribution in [2.24, 2.45) is 4.99 Å². The lowest BCUT2D eigenvalue weighted by atomic mass is 9.90. The summed E-state index contributed by atoms with van der Waals surface area (Å²) in [5.74, 6) is -2.26. The van der Waals surface area contributed by atoms with E-state index in [0.29, 0.717) is 0 Å². The number of nitrogens with zero attached hydrogens (tertiary/aromatic N) is 4.